The van der Waals surface area contributed by atoms with Crippen molar-refractivity contribution < 1.29 is 14.4 Å². The molecule has 0 aromatic heterocycles. The topological polar surface area (TPSA) is 57.5 Å². The summed E-state index contributed by atoms with van der Waals surface area (Å²) in [6.07, 6.45) is 2.57. The summed E-state index contributed by atoms with van der Waals surface area (Å²) in [4.78, 5) is 17.2. The van der Waals surface area contributed by atoms with Gasteiger partial charge in [0.2, 0.25) is 0 Å². The molecule has 4 heteroatoms. The van der Waals surface area contributed by atoms with Gasteiger partial charge in [0, 0.05) is 6.16 Å². The molecule has 0 radical (unpaired) electrons. The maximum atomic E-state index is 10.5. The minimum atomic E-state index is -3.76. The molecular weight excluding hydrogens is 175 g/mol. The fraction of sp³-hybridized carbons (Fsp3) is 1.00. The highest BCUT2D eigenvalue weighted by Gasteiger charge is 2.18. The predicted octanol–water partition coefficient (Wildman–Crippen LogP) is 2.38. The van der Waals surface area contributed by atoms with E-state index in [2.05, 4.69) is 20.8 Å². The van der Waals surface area contributed by atoms with Crippen LogP contribution < -0.4 is 0 Å². The van der Waals surface area contributed by atoms with E-state index >= 15 is 0 Å². The van der Waals surface area contributed by atoms with Crippen LogP contribution in [0, 0.1) is 5.41 Å². The van der Waals surface area contributed by atoms with Crippen LogP contribution in [0.2, 0.25) is 0 Å². The van der Waals surface area contributed by atoms with Gasteiger partial charge in [0.05, 0.1) is 0 Å². The third-order valence-electron chi connectivity index (χ3n) is 2.26. The predicted molar refractivity (Wildman–Crippen MR) is 50.2 cm³/mol. The molecule has 0 aromatic rings. The second-order valence-corrected chi connectivity index (χ2v) is 5.79. The van der Waals surface area contributed by atoms with E-state index in [1.165, 1.54) is 0 Å². The van der Waals surface area contributed by atoms with Crippen LogP contribution in [0.3, 0.4) is 0 Å². The van der Waals surface area contributed by atoms with Gasteiger partial charge in [0.15, 0.2) is 0 Å². The summed E-state index contributed by atoms with van der Waals surface area (Å²) in [5.41, 5.74) is 0.217. The SMILES string of the molecule is CCC(C)(C)CCCP(=O)(O)O. The Hall–Kier alpha value is 0.150. The van der Waals surface area contributed by atoms with Gasteiger partial charge in [-0.05, 0) is 18.3 Å². The molecule has 12 heavy (non-hydrogen) atoms. The van der Waals surface area contributed by atoms with Gasteiger partial charge in [-0.2, -0.15) is 0 Å². The molecule has 0 saturated carbocycles. The maximum Gasteiger partial charge on any atom is 0.325 e. The van der Waals surface area contributed by atoms with Gasteiger partial charge in [-0.25, -0.2) is 0 Å². The highest BCUT2D eigenvalue weighted by atomic mass is 31.2. The lowest BCUT2D eigenvalue weighted by atomic mass is 9.86. The molecule has 0 saturated heterocycles. The summed E-state index contributed by atoms with van der Waals surface area (Å²) in [5, 5.41) is 0. The lowest BCUT2D eigenvalue weighted by Gasteiger charge is -2.22. The van der Waals surface area contributed by atoms with Crippen LogP contribution in [0.15, 0.2) is 0 Å². The van der Waals surface area contributed by atoms with Crippen LogP contribution in [-0.2, 0) is 4.57 Å². The normalized spacial score (nSPS) is 13.4. The van der Waals surface area contributed by atoms with Gasteiger partial charge >= 0.3 is 7.60 Å². The third kappa shape index (κ3) is 6.84. The molecule has 0 aliphatic rings. The van der Waals surface area contributed by atoms with Crippen molar-refractivity contribution in [2.24, 2.45) is 5.41 Å². The number of hydrogen-bond acceptors (Lipinski definition) is 1. The van der Waals surface area contributed by atoms with Crippen molar-refractivity contribution in [3.63, 3.8) is 0 Å². The first-order valence-electron chi connectivity index (χ1n) is 4.31. The second-order valence-electron chi connectivity index (χ2n) is 4.01. The van der Waals surface area contributed by atoms with Crippen LogP contribution in [0.5, 0.6) is 0 Å². The zero-order chi connectivity index (χ0) is 9.83. The summed E-state index contributed by atoms with van der Waals surface area (Å²) < 4.78 is 10.5. The summed E-state index contributed by atoms with van der Waals surface area (Å²) in [6.45, 7) is 6.33. The van der Waals surface area contributed by atoms with E-state index in [0.717, 1.165) is 12.8 Å². The Kier molecular flexibility index (Phi) is 4.46. The van der Waals surface area contributed by atoms with E-state index in [4.69, 9.17) is 9.79 Å². The Morgan fingerprint density at radius 2 is 1.83 bits per heavy atom. The summed E-state index contributed by atoms with van der Waals surface area (Å²) >= 11 is 0. The van der Waals surface area contributed by atoms with Gasteiger partial charge in [0.25, 0.3) is 0 Å². The molecule has 0 aliphatic carbocycles. The molecule has 0 fully saturated rings. The third-order valence-corrected chi connectivity index (χ3v) is 3.16. The largest absolute Gasteiger partial charge is 0.325 e. The molecule has 0 amide bonds. The minimum Gasteiger partial charge on any atom is -0.324 e. The van der Waals surface area contributed by atoms with E-state index in [0.29, 0.717) is 6.42 Å². The van der Waals surface area contributed by atoms with E-state index in [1.54, 1.807) is 0 Å². The second kappa shape index (κ2) is 4.40. The molecule has 2 N–H and O–H groups in total. The average Bonchev–Trinajstić information content (AvgIpc) is 1.84. The van der Waals surface area contributed by atoms with Gasteiger partial charge in [-0.3, -0.25) is 4.57 Å². The van der Waals surface area contributed by atoms with Crippen LogP contribution >= 0.6 is 7.60 Å². The molecule has 0 unspecified atom stereocenters. The lowest BCUT2D eigenvalue weighted by Crippen LogP contribution is -2.09. The van der Waals surface area contributed by atoms with E-state index in [1.807, 2.05) is 0 Å². The zero-order valence-corrected chi connectivity index (χ0v) is 8.97. The Bertz CT molecular complexity index is 171. The van der Waals surface area contributed by atoms with Crippen molar-refractivity contribution in [2.45, 2.75) is 40.0 Å². The first kappa shape index (κ1) is 12.2. The smallest absolute Gasteiger partial charge is 0.324 e. The van der Waals surface area contributed by atoms with Gasteiger partial charge in [0.1, 0.15) is 0 Å². The van der Waals surface area contributed by atoms with Crippen molar-refractivity contribution in [1.82, 2.24) is 0 Å². The highest BCUT2D eigenvalue weighted by molar-refractivity contribution is 7.51. The Balaban J connectivity index is 3.64. The van der Waals surface area contributed by atoms with Gasteiger partial charge in [-0.1, -0.05) is 27.2 Å². The first-order chi connectivity index (χ1) is 5.27. The van der Waals surface area contributed by atoms with Crippen molar-refractivity contribution in [1.29, 1.82) is 0 Å². The Morgan fingerprint density at radius 3 is 2.17 bits per heavy atom. The van der Waals surface area contributed by atoms with Crippen LogP contribution in [0.25, 0.3) is 0 Å². The first-order valence-corrected chi connectivity index (χ1v) is 6.11. The highest BCUT2D eigenvalue weighted by Crippen LogP contribution is 2.37. The van der Waals surface area contributed by atoms with Crippen LogP contribution in [0.4, 0.5) is 0 Å². The molecule has 0 aliphatic heterocycles. The zero-order valence-electron chi connectivity index (χ0n) is 8.08. The minimum absolute atomic E-state index is 0.0242. The molecule has 0 aromatic carbocycles. The maximum absolute atomic E-state index is 10.5. The molecule has 0 atom stereocenters. The van der Waals surface area contributed by atoms with E-state index in [-0.39, 0.29) is 11.6 Å². The van der Waals surface area contributed by atoms with Crippen LogP contribution in [0.1, 0.15) is 40.0 Å². The van der Waals surface area contributed by atoms with E-state index < -0.39 is 7.60 Å². The molecule has 0 bridgehead atoms. The summed E-state index contributed by atoms with van der Waals surface area (Å²) in [6, 6.07) is 0. The van der Waals surface area contributed by atoms with Crippen LogP contribution in [-0.4, -0.2) is 15.9 Å². The van der Waals surface area contributed by atoms with Crippen molar-refractivity contribution in [3.8, 4) is 0 Å². The molecule has 3 nitrogen and oxygen atoms in total. The summed E-state index contributed by atoms with van der Waals surface area (Å²) in [7, 11) is -3.76. The average molecular weight is 194 g/mol. The lowest BCUT2D eigenvalue weighted by molar-refractivity contribution is 0.312. The standard InChI is InChI=1S/C8H19O3P/c1-4-8(2,3)6-5-7-12(9,10)11/h4-7H2,1-3H3,(H2,9,10,11). The van der Waals surface area contributed by atoms with Gasteiger partial charge in [-0.15, -0.1) is 0 Å². The quantitative estimate of drug-likeness (QED) is 0.660. The molecule has 0 spiro atoms. The molecule has 74 valence electrons. The summed E-state index contributed by atoms with van der Waals surface area (Å²) in [5.74, 6) is 0. The number of hydrogen-bond donors (Lipinski definition) is 2. The van der Waals surface area contributed by atoms with Crippen molar-refractivity contribution in [3.05, 3.63) is 0 Å². The molecule has 0 rings (SSSR count). The monoisotopic (exact) mass is 194 g/mol. The van der Waals surface area contributed by atoms with Crippen molar-refractivity contribution >= 4 is 7.60 Å². The van der Waals surface area contributed by atoms with E-state index in [9.17, 15) is 4.57 Å². The fourth-order valence-corrected chi connectivity index (χ4v) is 1.51. The number of rotatable bonds is 5. The molecule has 0 heterocycles. The molecular formula is C8H19O3P. The Morgan fingerprint density at radius 1 is 1.33 bits per heavy atom. The fourth-order valence-electron chi connectivity index (χ4n) is 0.940. The Labute approximate surface area is 74.3 Å². The van der Waals surface area contributed by atoms with Gasteiger partial charge < -0.3 is 9.79 Å². The van der Waals surface area contributed by atoms with Crippen molar-refractivity contribution in [2.75, 3.05) is 6.16 Å².